The Morgan fingerprint density at radius 3 is 2.72 bits per heavy atom. The lowest BCUT2D eigenvalue weighted by atomic mass is 9.72. The molecule has 1 saturated carbocycles. The highest BCUT2D eigenvalue weighted by atomic mass is 79.9. The van der Waals surface area contributed by atoms with E-state index in [-0.39, 0.29) is 11.8 Å². The van der Waals surface area contributed by atoms with E-state index < -0.39 is 0 Å². The summed E-state index contributed by atoms with van der Waals surface area (Å²) in [5.74, 6) is 0.408. The van der Waals surface area contributed by atoms with Crippen molar-refractivity contribution in [2.24, 2.45) is 5.92 Å². The van der Waals surface area contributed by atoms with Gasteiger partial charge >= 0.3 is 0 Å². The van der Waals surface area contributed by atoms with Gasteiger partial charge in [0.2, 0.25) is 0 Å². The predicted molar refractivity (Wildman–Crippen MR) is 74.0 cm³/mol. The van der Waals surface area contributed by atoms with E-state index in [4.69, 9.17) is 4.84 Å². The number of likely N-dealkylation sites (N-methyl/N-ethyl adjacent to an activating group) is 1. The van der Waals surface area contributed by atoms with E-state index in [1.54, 1.807) is 7.05 Å². The quantitative estimate of drug-likeness (QED) is 0.798. The molecule has 0 heterocycles. The van der Waals surface area contributed by atoms with E-state index in [0.717, 1.165) is 22.9 Å². The SMILES string of the molecule is CON(C)C(=O)C(c1cccc(Br)c1)C1CCC1. The van der Waals surface area contributed by atoms with Crippen LogP contribution < -0.4 is 0 Å². The molecule has 1 amide bonds. The summed E-state index contributed by atoms with van der Waals surface area (Å²) in [6.07, 6.45) is 3.47. The maximum absolute atomic E-state index is 12.4. The summed E-state index contributed by atoms with van der Waals surface area (Å²) in [5.41, 5.74) is 1.07. The largest absolute Gasteiger partial charge is 0.275 e. The summed E-state index contributed by atoms with van der Waals surface area (Å²) in [5, 5.41) is 1.34. The lowest BCUT2D eigenvalue weighted by molar-refractivity contribution is -0.172. The molecule has 2 rings (SSSR count). The Morgan fingerprint density at radius 2 is 2.22 bits per heavy atom. The van der Waals surface area contributed by atoms with E-state index in [2.05, 4.69) is 15.9 Å². The van der Waals surface area contributed by atoms with E-state index in [1.807, 2.05) is 24.3 Å². The van der Waals surface area contributed by atoms with E-state index in [1.165, 1.54) is 18.6 Å². The van der Waals surface area contributed by atoms with Crippen molar-refractivity contribution in [1.82, 2.24) is 5.06 Å². The highest BCUT2D eigenvalue weighted by molar-refractivity contribution is 9.10. The van der Waals surface area contributed by atoms with Crippen LogP contribution in [0.3, 0.4) is 0 Å². The third-order valence-corrected chi connectivity index (χ3v) is 4.17. The number of rotatable bonds is 4. The molecule has 1 unspecified atom stereocenters. The second kappa shape index (κ2) is 5.85. The third-order valence-electron chi connectivity index (χ3n) is 3.68. The monoisotopic (exact) mass is 311 g/mol. The highest BCUT2D eigenvalue weighted by Gasteiger charge is 2.35. The smallest absolute Gasteiger partial charge is 0.253 e. The number of hydroxylamine groups is 2. The molecule has 1 aliphatic rings. The van der Waals surface area contributed by atoms with E-state index in [0.29, 0.717) is 5.92 Å². The van der Waals surface area contributed by atoms with E-state index >= 15 is 0 Å². The molecule has 18 heavy (non-hydrogen) atoms. The third kappa shape index (κ3) is 2.75. The molecule has 4 heteroatoms. The number of carbonyl (C=O) groups excluding carboxylic acids is 1. The van der Waals surface area contributed by atoms with Crippen molar-refractivity contribution in [3.8, 4) is 0 Å². The first-order valence-corrected chi connectivity index (χ1v) is 7.00. The van der Waals surface area contributed by atoms with Gasteiger partial charge in [0.25, 0.3) is 5.91 Å². The topological polar surface area (TPSA) is 29.5 Å². The van der Waals surface area contributed by atoms with Crippen molar-refractivity contribution in [3.63, 3.8) is 0 Å². The molecule has 1 aliphatic carbocycles. The van der Waals surface area contributed by atoms with Crippen LogP contribution in [0, 0.1) is 5.92 Å². The Hall–Kier alpha value is -0.870. The molecule has 1 aromatic carbocycles. The second-order valence-corrected chi connectivity index (χ2v) is 5.66. The Labute approximate surface area is 116 Å². The number of hydrogen-bond donors (Lipinski definition) is 0. The molecular formula is C14H18BrNO2. The zero-order chi connectivity index (χ0) is 13.1. The van der Waals surface area contributed by atoms with Crippen LogP contribution in [0.25, 0.3) is 0 Å². The van der Waals surface area contributed by atoms with Gasteiger partial charge in [0, 0.05) is 11.5 Å². The molecule has 98 valence electrons. The molecule has 0 bridgehead atoms. The summed E-state index contributed by atoms with van der Waals surface area (Å²) in [6, 6.07) is 8.01. The van der Waals surface area contributed by atoms with Crippen LogP contribution in [0.2, 0.25) is 0 Å². The highest BCUT2D eigenvalue weighted by Crippen LogP contribution is 2.40. The van der Waals surface area contributed by atoms with Gasteiger partial charge in [-0.2, -0.15) is 0 Å². The molecule has 0 radical (unpaired) electrons. The maximum Gasteiger partial charge on any atom is 0.253 e. The second-order valence-electron chi connectivity index (χ2n) is 4.74. The molecular weight excluding hydrogens is 294 g/mol. The predicted octanol–water partition coefficient (Wildman–Crippen LogP) is 3.35. The fraction of sp³-hybridized carbons (Fsp3) is 0.500. The van der Waals surface area contributed by atoms with Gasteiger partial charge in [-0.15, -0.1) is 0 Å². The van der Waals surface area contributed by atoms with Gasteiger partial charge in [-0.3, -0.25) is 9.63 Å². The molecule has 0 spiro atoms. The summed E-state index contributed by atoms with van der Waals surface area (Å²) in [6.45, 7) is 0. The number of hydrogen-bond acceptors (Lipinski definition) is 2. The average molecular weight is 312 g/mol. The number of benzene rings is 1. The summed E-state index contributed by atoms with van der Waals surface area (Å²) >= 11 is 3.47. The van der Waals surface area contributed by atoms with Gasteiger partial charge in [-0.25, -0.2) is 5.06 Å². The first kappa shape index (κ1) is 13.6. The normalized spacial score (nSPS) is 17.1. The van der Waals surface area contributed by atoms with Crippen LogP contribution in [-0.4, -0.2) is 25.1 Å². The molecule has 0 N–H and O–H groups in total. The van der Waals surface area contributed by atoms with Crippen LogP contribution >= 0.6 is 15.9 Å². The van der Waals surface area contributed by atoms with Crippen LogP contribution in [-0.2, 0) is 9.63 Å². The minimum Gasteiger partial charge on any atom is -0.275 e. The van der Waals surface area contributed by atoms with Gasteiger partial charge in [0.05, 0.1) is 13.0 Å². The summed E-state index contributed by atoms with van der Waals surface area (Å²) in [7, 11) is 3.20. The summed E-state index contributed by atoms with van der Waals surface area (Å²) < 4.78 is 1.01. The van der Waals surface area contributed by atoms with Crippen LogP contribution in [0.15, 0.2) is 28.7 Å². The Kier molecular flexibility index (Phi) is 4.40. The van der Waals surface area contributed by atoms with Crippen molar-refractivity contribution < 1.29 is 9.63 Å². The molecule has 3 nitrogen and oxygen atoms in total. The van der Waals surface area contributed by atoms with Gasteiger partial charge in [-0.1, -0.05) is 34.5 Å². The Balaban J connectivity index is 2.27. The molecule has 1 atom stereocenters. The van der Waals surface area contributed by atoms with Gasteiger partial charge in [-0.05, 0) is 36.5 Å². The summed E-state index contributed by atoms with van der Waals surface area (Å²) in [4.78, 5) is 17.4. The van der Waals surface area contributed by atoms with Gasteiger partial charge < -0.3 is 0 Å². The minimum absolute atomic E-state index is 0.0419. The lowest BCUT2D eigenvalue weighted by Gasteiger charge is -2.34. The van der Waals surface area contributed by atoms with Gasteiger partial charge in [0.1, 0.15) is 0 Å². The number of halogens is 1. The van der Waals surface area contributed by atoms with Crippen molar-refractivity contribution in [2.45, 2.75) is 25.2 Å². The van der Waals surface area contributed by atoms with Crippen LogP contribution in [0.4, 0.5) is 0 Å². The Bertz CT molecular complexity index is 432. The van der Waals surface area contributed by atoms with Crippen molar-refractivity contribution in [2.75, 3.05) is 14.2 Å². The van der Waals surface area contributed by atoms with Gasteiger partial charge in [0.15, 0.2) is 0 Å². The zero-order valence-corrected chi connectivity index (χ0v) is 12.3. The fourth-order valence-electron chi connectivity index (χ4n) is 2.38. The van der Waals surface area contributed by atoms with Crippen LogP contribution in [0.5, 0.6) is 0 Å². The van der Waals surface area contributed by atoms with Crippen molar-refractivity contribution >= 4 is 21.8 Å². The lowest BCUT2D eigenvalue weighted by Crippen LogP contribution is -2.36. The molecule has 0 saturated heterocycles. The molecule has 0 aliphatic heterocycles. The first-order valence-electron chi connectivity index (χ1n) is 6.20. The fourth-order valence-corrected chi connectivity index (χ4v) is 2.79. The standard InChI is InChI=1S/C14H18BrNO2/c1-16(18-2)14(17)13(10-5-3-6-10)11-7-4-8-12(15)9-11/h4,7-10,13H,3,5-6H2,1-2H3. The van der Waals surface area contributed by atoms with E-state index in [9.17, 15) is 4.79 Å². The number of nitrogens with zero attached hydrogens (tertiary/aromatic N) is 1. The molecule has 1 fully saturated rings. The Morgan fingerprint density at radius 1 is 1.50 bits per heavy atom. The zero-order valence-electron chi connectivity index (χ0n) is 10.7. The molecule has 0 aromatic heterocycles. The van der Waals surface area contributed by atoms with Crippen LogP contribution in [0.1, 0.15) is 30.7 Å². The number of amides is 1. The maximum atomic E-state index is 12.4. The first-order chi connectivity index (χ1) is 8.63. The minimum atomic E-state index is -0.0822. The number of carbonyl (C=O) groups is 1. The van der Waals surface area contributed by atoms with Crippen molar-refractivity contribution in [1.29, 1.82) is 0 Å². The molecule has 1 aromatic rings. The van der Waals surface area contributed by atoms with Crippen molar-refractivity contribution in [3.05, 3.63) is 34.3 Å². The average Bonchev–Trinajstić information content (AvgIpc) is 2.31.